The smallest absolute Gasteiger partial charge is 0.368 e. The van der Waals surface area contributed by atoms with E-state index in [0.717, 1.165) is 12.5 Å². The molecule has 2 atom stereocenters. The average Bonchev–Trinajstić information content (AvgIpc) is 2.84. The molecule has 1 amide bonds. The molecule has 7 heteroatoms. The first kappa shape index (κ1) is 15.8. The van der Waals surface area contributed by atoms with E-state index in [-0.39, 0.29) is 18.2 Å². The molecule has 3 N–H and O–H groups in total. The van der Waals surface area contributed by atoms with Gasteiger partial charge in [-0.1, -0.05) is 13.0 Å². The van der Waals surface area contributed by atoms with Crippen LogP contribution in [-0.2, 0) is 22.3 Å². The molecule has 0 spiro atoms. The lowest BCUT2D eigenvalue weighted by molar-refractivity contribution is -0.137. The van der Waals surface area contributed by atoms with Crippen LogP contribution in [0.2, 0.25) is 0 Å². The minimum Gasteiger partial charge on any atom is -0.368 e. The first-order valence-corrected chi connectivity index (χ1v) is 6.65. The summed E-state index contributed by atoms with van der Waals surface area (Å²) in [5.74, 6) is -0.561. The van der Waals surface area contributed by atoms with Gasteiger partial charge in [-0.05, 0) is 30.0 Å². The Morgan fingerprint density at radius 2 is 2.19 bits per heavy atom. The Bertz CT molecular complexity index is 531. The van der Waals surface area contributed by atoms with Gasteiger partial charge < -0.3 is 15.8 Å². The predicted octanol–water partition coefficient (Wildman–Crippen LogP) is 2.53. The molecule has 1 saturated heterocycles. The van der Waals surface area contributed by atoms with Crippen LogP contribution in [0.5, 0.6) is 0 Å². The zero-order chi connectivity index (χ0) is 15.6. The summed E-state index contributed by atoms with van der Waals surface area (Å²) in [5, 5.41) is 2.32. The monoisotopic (exact) mass is 302 g/mol. The molecule has 116 valence electrons. The SMILES string of the molecule is CC1CCOC1C(=O)Nc1ccc(CN)cc1C(F)(F)F. The van der Waals surface area contributed by atoms with Crippen LogP contribution in [0.15, 0.2) is 18.2 Å². The lowest BCUT2D eigenvalue weighted by Crippen LogP contribution is -2.32. The van der Waals surface area contributed by atoms with Crippen molar-refractivity contribution in [2.45, 2.75) is 32.2 Å². The van der Waals surface area contributed by atoms with E-state index in [9.17, 15) is 18.0 Å². The molecule has 1 aliphatic rings. The summed E-state index contributed by atoms with van der Waals surface area (Å²) in [4.78, 5) is 12.0. The summed E-state index contributed by atoms with van der Waals surface area (Å²) in [5.41, 5.74) is 4.54. The van der Waals surface area contributed by atoms with Crippen molar-refractivity contribution in [3.63, 3.8) is 0 Å². The van der Waals surface area contributed by atoms with E-state index >= 15 is 0 Å². The maximum atomic E-state index is 13.0. The third-order valence-electron chi connectivity index (χ3n) is 3.53. The normalized spacial score (nSPS) is 22.3. The molecule has 1 fully saturated rings. The Morgan fingerprint density at radius 1 is 1.48 bits per heavy atom. The average molecular weight is 302 g/mol. The van der Waals surface area contributed by atoms with Crippen molar-refractivity contribution in [3.05, 3.63) is 29.3 Å². The summed E-state index contributed by atoms with van der Waals surface area (Å²) in [6.07, 6.45) is -4.55. The Hall–Kier alpha value is -1.60. The minimum absolute atomic E-state index is 0.0000760. The molecule has 2 unspecified atom stereocenters. The van der Waals surface area contributed by atoms with Gasteiger partial charge >= 0.3 is 6.18 Å². The molecule has 0 radical (unpaired) electrons. The number of ether oxygens (including phenoxy) is 1. The first-order chi connectivity index (χ1) is 9.82. The minimum atomic E-state index is -4.56. The van der Waals surface area contributed by atoms with Crippen molar-refractivity contribution in [2.75, 3.05) is 11.9 Å². The molecule has 21 heavy (non-hydrogen) atoms. The Kier molecular flexibility index (Phi) is 4.53. The lowest BCUT2D eigenvalue weighted by atomic mass is 10.0. The highest BCUT2D eigenvalue weighted by Crippen LogP contribution is 2.36. The van der Waals surface area contributed by atoms with Crippen molar-refractivity contribution < 1.29 is 22.7 Å². The second-order valence-corrected chi connectivity index (χ2v) is 5.13. The number of alkyl halides is 3. The van der Waals surface area contributed by atoms with Crippen molar-refractivity contribution in [3.8, 4) is 0 Å². The van der Waals surface area contributed by atoms with Crippen LogP contribution in [0.4, 0.5) is 18.9 Å². The number of carbonyl (C=O) groups excluding carboxylic acids is 1. The summed E-state index contributed by atoms with van der Waals surface area (Å²) in [7, 11) is 0. The zero-order valence-electron chi connectivity index (χ0n) is 11.5. The number of amides is 1. The van der Waals surface area contributed by atoms with Gasteiger partial charge in [0.25, 0.3) is 5.91 Å². The highest BCUT2D eigenvalue weighted by Gasteiger charge is 2.36. The lowest BCUT2D eigenvalue weighted by Gasteiger charge is -2.18. The molecular formula is C14H17F3N2O2. The van der Waals surface area contributed by atoms with Gasteiger partial charge in [-0.2, -0.15) is 13.2 Å². The van der Waals surface area contributed by atoms with Gasteiger partial charge in [-0.15, -0.1) is 0 Å². The van der Waals surface area contributed by atoms with Crippen LogP contribution in [0.25, 0.3) is 0 Å². The molecule has 4 nitrogen and oxygen atoms in total. The van der Waals surface area contributed by atoms with E-state index in [0.29, 0.717) is 12.2 Å². The quantitative estimate of drug-likeness (QED) is 0.902. The van der Waals surface area contributed by atoms with Crippen LogP contribution >= 0.6 is 0 Å². The highest BCUT2D eigenvalue weighted by molar-refractivity contribution is 5.95. The Morgan fingerprint density at radius 3 is 2.71 bits per heavy atom. The maximum absolute atomic E-state index is 13.0. The number of carbonyl (C=O) groups is 1. The van der Waals surface area contributed by atoms with Gasteiger partial charge in [-0.3, -0.25) is 4.79 Å². The number of benzene rings is 1. The summed E-state index contributed by atoms with van der Waals surface area (Å²) >= 11 is 0. The number of halogens is 3. The number of nitrogens with one attached hydrogen (secondary N) is 1. The summed E-state index contributed by atoms with van der Waals surface area (Å²) < 4.78 is 44.4. The zero-order valence-corrected chi connectivity index (χ0v) is 11.5. The fraction of sp³-hybridized carbons (Fsp3) is 0.500. The van der Waals surface area contributed by atoms with Crippen LogP contribution < -0.4 is 11.1 Å². The molecule has 0 aliphatic carbocycles. The van der Waals surface area contributed by atoms with Gasteiger partial charge in [-0.25, -0.2) is 0 Å². The number of rotatable bonds is 3. The largest absolute Gasteiger partial charge is 0.418 e. The second kappa shape index (κ2) is 6.03. The second-order valence-electron chi connectivity index (χ2n) is 5.13. The summed E-state index contributed by atoms with van der Waals surface area (Å²) in [6, 6.07) is 3.64. The van der Waals surface area contributed by atoms with Gasteiger partial charge in [0.05, 0.1) is 11.3 Å². The van der Waals surface area contributed by atoms with Gasteiger partial charge in [0, 0.05) is 13.2 Å². The van der Waals surface area contributed by atoms with Crippen molar-refractivity contribution >= 4 is 11.6 Å². The van der Waals surface area contributed by atoms with Crippen LogP contribution in [0.3, 0.4) is 0 Å². The molecule has 0 bridgehead atoms. The molecule has 0 aromatic heterocycles. The Labute approximate surface area is 120 Å². The Balaban J connectivity index is 2.25. The van der Waals surface area contributed by atoms with E-state index in [1.54, 1.807) is 0 Å². The first-order valence-electron chi connectivity index (χ1n) is 6.65. The van der Waals surface area contributed by atoms with E-state index in [1.807, 2.05) is 6.92 Å². The fourth-order valence-corrected chi connectivity index (χ4v) is 2.30. The fourth-order valence-electron chi connectivity index (χ4n) is 2.30. The molecule has 1 aromatic rings. The maximum Gasteiger partial charge on any atom is 0.418 e. The summed E-state index contributed by atoms with van der Waals surface area (Å²) in [6.45, 7) is 2.27. The molecular weight excluding hydrogens is 285 g/mol. The van der Waals surface area contributed by atoms with Crippen molar-refractivity contribution in [1.82, 2.24) is 0 Å². The van der Waals surface area contributed by atoms with Crippen LogP contribution in [0.1, 0.15) is 24.5 Å². The van der Waals surface area contributed by atoms with E-state index in [2.05, 4.69) is 5.32 Å². The van der Waals surface area contributed by atoms with Crippen molar-refractivity contribution in [1.29, 1.82) is 0 Å². The van der Waals surface area contributed by atoms with E-state index in [4.69, 9.17) is 10.5 Å². The highest BCUT2D eigenvalue weighted by atomic mass is 19.4. The van der Waals surface area contributed by atoms with Gasteiger partial charge in [0.15, 0.2) is 0 Å². The van der Waals surface area contributed by atoms with Crippen LogP contribution in [-0.4, -0.2) is 18.6 Å². The number of hydrogen-bond acceptors (Lipinski definition) is 3. The molecule has 1 heterocycles. The number of hydrogen-bond donors (Lipinski definition) is 2. The predicted molar refractivity (Wildman–Crippen MR) is 71.5 cm³/mol. The van der Waals surface area contributed by atoms with Gasteiger partial charge in [0.2, 0.25) is 0 Å². The standard InChI is InChI=1S/C14H17F3N2O2/c1-8-4-5-21-12(8)13(20)19-11-3-2-9(7-18)6-10(11)14(15,16)17/h2-3,6,8,12H,4-5,7,18H2,1H3,(H,19,20). The number of nitrogens with two attached hydrogens (primary N) is 1. The third kappa shape index (κ3) is 3.54. The molecule has 0 saturated carbocycles. The number of anilines is 1. The third-order valence-corrected chi connectivity index (χ3v) is 3.53. The molecule has 1 aromatic carbocycles. The van der Waals surface area contributed by atoms with E-state index in [1.165, 1.54) is 12.1 Å². The molecule has 2 rings (SSSR count). The topological polar surface area (TPSA) is 64.3 Å². The van der Waals surface area contributed by atoms with Crippen molar-refractivity contribution in [2.24, 2.45) is 11.7 Å². The van der Waals surface area contributed by atoms with E-state index < -0.39 is 23.8 Å². The van der Waals surface area contributed by atoms with Crippen LogP contribution in [0, 0.1) is 5.92 Å². The molecule has 1 aliphatic heterocycles. The van der Waals surface area contributed by atoms with Gasteiger partial charge in [0.1, 0.15) is 6.10 Å².